The van der Waals surface area contributed by atoms with Gasteiger partial charge in [0.2, 0.25) is 0 Å². The molecule has 0 bridgehead atoms. The zero-order valence-corrected chi connectivity index (χ0v) is 48.3. The predicted octanol–water partition coefficient (Wildman–Crippen LogP) is 21.0. The van der Waals surface area contributed by atoms with Crippen LogP contribution in [0.4, 0.5) is 0 Å². The molecule has 0 heterocycles. The van der Waals surface area contributed by atoms with Crippen molar-refractivity contribution < 1.29 is 28.6 Å². The van der Waals surface area contributed by atoms with Crippen molar-refractivity contribution in [3.8, 4) is 0 Å². The summed E-state index contributed by atoms with van der Waals surface area (Å²) < 4.78 is 16.9. The van der Waals surface area contributed by atoms with Crippen LogP contribution in [0.5, 0.6) is 0 Å². The van der Waals surface area contributed by atoms with E-state index in [-0.39, 0.29) is 31.1 Å². The molecule has 0 N–H and O–H groups in total. The second-order valence-electron chi connectivity index (χ2n) is 20.2. The standard InChI is InChI=1S/C68H114O6/c1-4-7-10-13-16-19-22-25-28-29-30-31-32-33-34-35-36-37-38-39-41-43-46-49-52-55-58-61-67(70)73-64-65(63-72-66(69)60-57-54-51-48-45-42-27-24-21-18-15-12-9-6-3)74-68(71)62-59-56-53-50-47-44-40-26-23-20-17-14-11-8-5-2/h7,10,16-17,19-20,25-26,28,30-31,33-34,36-37,39-41,65H,4-6,8-9,11-15,18,21-24,27,29,32,35,38,42-64H2,1-3H3/b10-7-,19-16-,20-17-,28-25-,31-30-,34-33-,37-36-,40-26-,41-39-. The average molecular weight is 1030 g/mol. The molecule has 0 amide bonds. The Morgan fingerprint density at radius 1 is 0.284 bits per heavy atom. The Kier molecular flexibility index (Phi) is 58.3. The lowest BCUT2D eigenvalue weighted by Crippen LogP contribution is -2.30. The minimum atomic E-state index is -0.794. The number of rotatable bonds is 55. The highest BCUT2D eigenvalue weighted by Crippen LogP contribution is 2.15. The van der Waals surface area contributed by atoms with Gasteiger partial charge in [-0.05, 0) is 109 Å². The zero-order chi connectivity index (χ0) is 53.6. The van der Waals surface area contributed by atoms with Crippen LogP contribution in [0.25, 0.3) is 0 Å². The zero-order valence-electron chi connectivity index (χ0n) is 48.3. The molecule has 0 spiro atoms. The molecule has 0 aliphatic carbocycles. The van der Waals surface area contributed by atoms with Crippen molar-refractivity contribution in [1.82, 2.24) is 0 Å². The molecule has 0 aliphatic rings. The second-order valence-corrected chi connectivity index (χ2v) is 20.2. The molecule has 0 saturated carbocycles. The van der Waals surface area contributed by atoms with Crippen LogP contribution in [0.15, 0.2) is 109 Å². The molecule has 0 rings (SSSR count). The fourth-order valence-corrected chi connectivity index (χ4v) is 8.39. The van der Waals surface area contributed by atoms with Gasteiger partial charge >= 0.3 is 17.9 Å². The third kappa shape index (κ3) is 59.0. The van der Waals surface area contributed by atoms with E-state index in [9.17, 15) is 14.4 Å². The molecule has 0 aromatic carbocycles. The van der Waals surface area contributed by atoms with E-state index in [1.807, 2.05) is 0 Å². The minimum absolute atomic E-state index is 0.0888. The van der Waals surface area contributed by atoms with Gasteiger partial charge in [0.1, 0.15) is 13.2 Å². The molecular formula is C68H114O6. The fourth-order valence-electron chi connectivity index (χ4n) is 8.39. The largest absolute Gasteiger partial charge is 0.462 e. The number of allylic oxidation sites excluding steroid dienone is 18. The minimum Gasteiger partial charge on any atom is -0.462 e. The van der Waals surface area contributed by atoms with Crippen LogP contribution in [-0.2, 0) is 28.6 Å². The van der Waals surface area contributed by atoms with Crippen molar-refractivity contribution in [2.24, 2.45) is 0 Å². The van der Waals surface area contributed by atoms with Gasteiger partial charge in [-0.15, -0.1) is 0 Å². The molecule has 0 saturated heterocycles. The van der Waals surface area contributed by atoms with Gasteiger partial charge in [0.15, 0.2) is 6.10 Å². The second kappa shape index (κ2) is 61.6. The molecule has 6 heteroatoms. The molecule has 0 aromatic heterocycles. The Balaban J connectivity index is 4.38. The summed E-state index contributed by atoms with van der Waals surface area (Å²) in [5.74, 6) is -0.917. The van der Waals surface area contributed by atoms with Gasteiger partial charge in [0.05, 0.1) is 0 Å². The Morgan fingerprint density at radius 3 is 0.851 bits per heavy atom. The highest BCUT2D eigenvalue weighted by atomic mass is 16.6. The van der Waals surface area contributed by atoms with E-state index in [1.54, 1.807) is 0 Å². The summed E-state index contributed by atoms with van der Waals surface area (Å²) in [6.07, 6.45) is 83.7. The first-order valence-electron chi connectivity index (χ1n) is 30.9. The number of esters is 3. The number of carbonyl (C=O) groups is 3. The molecular weight excluding hydrogens is 913 g/mol. The quantitative estimate of drug-likeness (QED) is 0.0261. The summed E-state index contributed by atoms with van der Waals surface area (Å²) in [5, 5.41) is 0. The number of hydrogen-bond donors (Lipinski definition) is 0. The molecule has 1 unspecified atom stereocenters. The first-order valence-corrected chi connectivity index (χ1v) is 30.9. The summed E-state index contributed by atoms with van der Waals surface area (Å²) in [6, 6.07) is 0. The lowest BCUT2D eigenvalue weighted by Gasteiger charge is -2.18. The highest BCUT2D eigenvalue weighted by molar-refractivity contribution is 5.71. The molecule has 0 radical (unpaired) electrons. The van der Waals surface area contributed by atoms with E-state index in [0.29, 0.717) is 19.3 Å². The van der Waals surface area contributed by atoms with Crippen molar-refractivity contribution in [3.63, 3.8) is 0 Å². The summed E-state index contributed by atoms with van der Waals surface area (Å²) in [6.45, 7) is 6.49. The van der Waals surface area contributed by atoms with E-state index in [0.717, 1.165) is 148 Å². The van der Waals surface area contributed by atoms with Crippen molar-refractivity contribution >= 4 is 17.9 Å². The summed E-state index contributed by atoms with van der Waals surface area (Å²) in [5.41, 5.74) is 0. The topological polar surface area (TPSA) is 78.9 Å². The lowest BCUT2D eigenvalue weighted by molar-refractivity contribution is -0.167. The van der Waals surface area contributed by atoms with E-state index in [4.69, 9.17) is 14.2 Å². The van der Waals surface area contributed by atoms with E-state index >= 15 is 0 Å². The Morgan fingerprint density at radius 2 is 0.527 bits per heavy atom. The summed E-state index contributed by atoms with van der Waals surface area (Å²) >= 11 is 0. The Bertz CT molecular complexity index is 1510. The van der Waals surface area contributed by atoms with Crippen LogP contribution >= 0.6 is 0 Å². The van der Waals surface area contributed by atoms with Gasteiger partial charge < -0.3 is 14.2 Å². The molecule has 0 fully saturated rings. The number of unbranched alkanes of at least 4 members (excludes halogenated alkanes) is 26. The molecule has 1 atom stereocenters. The maximum atomic E-state index is 12.9. The maximum absolute atomic E-state index is 12.9. The Labute approximate surface area is 457 Å². The van der Waals surface area contributed by atoms with E-state index in [2.05, 4.69) is 130 Å². The van der Waals surface area contributed by atoms with Crippen molar-refractivity contribution in [3.05, 3.63) is 109 Å². The fraction of sp³-hybridized carbons (Fsp3) is 0.691. The summed E-state index contributed by atoms with van der Waals surface area (Å²) in [4.78, 5) is 38.2. The van der Waals surface area contributed by atoms with Crippen molar-refractivity contribution in [1.29, 1.82) is 0 Å². The SMILES string of the molecule is CC/C=C\C/C=C\C/C=C\C/C=C\C/C=C\C/C=C\C/C=C\CCCCCCCC(=O)OCC(COC(=O)CCCCCCCCCCCCCCCC)OC(=O)CCCCCCC/C=C\C/C=C\CCCCC. The molecule has 74 heavy (non-hydrogen) atoms. The number of ether oxygens (including phenoxy) is 3. The third-order valence-corrected chi connectivity index (χ3v) is 13.0. The number of hydrogen-bond acceptors (Lipinski definition) is 6. The molecule has 6 nitrogen and oxygen atoms in total. The van der Waals surface area contributed by atoms with Crippen molar-refractivity contribution in [2.75, 3.05) is 13.2 Å². The smallest absolute Gasteiger partial charge is 0.306 e. The highest BCUT2D eigenvalue weighted by Gasteiger charge is 2.19. The molecule has 422 valence electrons. The average Bonchev–Trinajstić information content (AvgIpc) is 3.40. The first kappa shape index (κ1) is 70.1. The van der Waals surface area contributed by atoms with Crippen LogP contribution in [0, 0.1) is 0 Å². The van der Waals surface area contributed by atoms with Crippen LogP contribution < -0.4 is 0 Å². The maximum Gasteiger partial charge on any atom is 0.306 e. The predicted molar refractivity (Wildman–Crippen MR) is 320 cm³/mol. The summed E-state index contributed by atoms with van der Waals surface area (Å²) in [7, 11) is 0. The van der Waals surface area contributed by atoms with Gasteiger partial charge in [-0.25, -0.2) is 0 Å². The van der Waals surface area contributed by atoms with Crippen LogP contribution in [-0.4, -0.2) is 37.2 Å². The monoisotopic (exact) mass is 1030 g/mol. The lowest BCUT2D eigenvalue weighted by atomic mass is 10.0. The first-order chi connectivity index (χ1) is 36.5. The normalized spacial score (nSPS) is 12.9. The van der Waals surface area contributed by atoms with Gasteiger partial charge in [0, 0.05) is 19.3 Å². The van der Waals surface area contributed by atoms with Gasteiger partial charge in [0.25, 0.3) is 0 Å². The van der Waals surface area contributed by atoms with Crippen LogP contribution in [0.3, 0.4) is 0 Å². The Hall–Kier alpha value is -3.93. The van der Waals surface area contributed by atoms with E-state index in [1.165, 1.54) is 96.3 Å². The number of carbonyl (C=O) groups excluding carboxylic acids is 3. The molecule has 0 aliphatic heterocycles. The van der Waals surface area contributed by atoms with Crippen LogP contribution in [0.2, 0.25) is 0 Å². The van der Waals surface area contributed by atoms with Crippen LogP contribution in [0.1, 0.15) is 284 Å². The van der Waals surface area contributed by atoms with E-state index < -0.39 is 6.10 Å². The van der Waals surface area contributed by atoms with Gasteiger partial charge in [-0.2, -0.15) is 0 Å². The van der Waals surface area contributed by atoms with Gasteiger partial charge in [-0.3, -0.25) is 14.4 Å². The van der Waals surface area contributed by atoms with Gasteiger partial charge in [-0.1, -0.05) is 265 Å². The third-order valence-electron chi connectivity index (χ3n) is 13.0. The molecule has 0 aromatic rings. The van der Waals surface area contributed by atoms with Crippen molar-refractivity contribution in [2.45, 2.75) is 290 Å².